The largest absolute Gasteiger partial charge is 0.336 e. The molecule has 1 aromatic heterocycles. The normalized spacial score (nSPS) is 24.6. The second-order valence-corrected chi connectivity index (χ2v) is 6.07. The molecule has 1 saturated heterocycles. The molecule has 17 heavy (non-hydrogen) atoms. The van der Waals surface area contributed by atoms with Crippen LogP contribution < -0.4 is 5.32 Å². The van der Waals surface area contributed by atoms with Crippen LogP contribution in [0.25, 0.3) is 0 Å². The van der Waals surface area contributed by atoms with Crippen molar-refractivity contribution in [2.45, 2.75) is 44.8 Å². The second kappa shape index (κ2) is 4.42. The molecule has 0 aromatic carbocycles. The van der Waals surface area contributed by atoms with Crippen molar-refractivity contribution in [2.75, 3.05) is 6.54 Å². The fourth-order valence-electron chi connectivity index (χ4n) is 2.32. The van der Waals surface area contributed by atoms with Gasteiger partial charge >= 0.3 is 0 Å². The molecule has 3 nitrogen and oxygen atoms in total. The van der Waals surface area contributed by atoms with Crippen LogP contribution in [0, 0.1) is 6.92 Å². The van der Waals surface area contributed by atoms with E-state index in [2.05, 4.69) is 23.7 Å². The molecule has 1 unspecified atom stereocenters. The van der Waals surface area contributed by atoms with Crippen LogP contribution >= 0.6 is 11.3 Å². The molecule has 1 atom stereocenters. The minimum absolute atomic E-state index is 0.0859. The molecule has 4 heteroatoms. The number of hydrogen-bond acceptors (Lipinski definition) is 3. The highest BCUT2D eigenvalue weighted by Gasteiger charge is 2.35. The van der Waals surface area contributed by atoms with E-state index in [0.717, 1.165) is 19.5 Å². The van der Waals surface area contributed by atoms with E-state index in [-0.39, 0.29) is 6.04 Å². The number of aryl methyl sites for hydroxylation is 1. The number of rotatable bonds is 4. The van der Waals surface area contributed by atoms with Gasteiger partial charge in [0.2, 0.25) is 5.91 Å². The third kappa shape index (κ3) is 2.38. The van der Waals surface area contributed by atoms with E-state index in [9.17, 15) is 4.79 Å². The minimum Gasteiger partial charge on any atom is -0.336 e. The van der Waals surface area contributed by atoms with Crippen LogP contribution in [0.15, 0.2) is 11.4 Å². The van der Waals surface area contributed by atoms with Crippen LogP contribution in [-0.4, -0.2) is 29.4 Å². The van der Waals surface area contributed by atoms with E-state index in [1.54, 1.807) is 11.3 Å². The van der Waals surface area contributed by atoms with E-state index < -0.39 is 0 Å². The van der Waals surface area contributed by atoms with Crippen molar-refractivity contribution in [3.63, 3.8) is 0 Å². The number of nitrogens with one attached hydrogen (secondary N) is 1. The Balaban J connectivity index is 1.61. The second-order valence-electron chi connectivity index (χ2n) is 5.07. The summed E-state index contributed by atoms with van der Waals surface area (Å²) in [5, 5.41) is 5.54. The molecule has 1 aliphatic carbocycles. The van der Waals surface area contributed by atoms with Gasteiger partial charge in [-0.3, -0.25) is 4.79 Å². The topological polar surface area (TPSA) is 32.3 Å². The lowest BCUT2D eigenvalue weighted by atomic mass is 10.2. The summed E-state index contributed by atoms with van der Waals surface area (Å²) in [6.07, 6.45) is 3.46. The third-order valence-electron chi connectivity index (χ3n) is 3.61. The number of thiophene rings is 1. The van der Waals surface area contributed by atoms with Crippen LogP contribution in [0.1, 0.15) is 29.7 Å². The summed E-state index contributed by atoms with van der Waals surface area (Å²) in [5.41, 5.74) is 1.31. The molecular formula is C13H18N2OS. The van der Waals surface area contributed by atoms with Crippen molar-refractivity contribution in [2.24, 2.45) is 0 Å². The maximum atomic E-state index is 12.2. The average molecular weight is 250 g/mol. The molecule has 1 saturated carbocycles. The van der Waals surface area contributed by atoms with Gasteiger partial charge in [-0.05, 0) is 43.2 Å². The van der Waals surface area contributed by atoms with Gasteiger partial charge in [-0.1, -0.05) is 0 Å². The monoisotopic (exact) mass is 250 g/mol. The van der Waals surface area contributed by atoms with E-state index >= 15 is 0 Å². The van der Waals surface area contributed by atoms with Crippen LogP contribution in [0.4, 0.5) is 0 Å². The summed E-state index contributed by atoms with van der Waals surface area (Å²) in [6.45, 7) is 3.82. The fourth-order valence-corrected chi connectivity index (χ4v) is 3.25. The molecule has 3 rings (SSSR count). The number of carbonyl (C=O) groups is 1. The SMILES string of the molecule is Cc1ccsc1CN1CCC(NC2CC2)C1=O. The van der Waals surface area contributed by atoms with Gasteiger partial charge in [0, 0.05) is 17.5 Å². The third-order valence-corrected chi connectivity index (χ3v) is 4.62. The van der Waals surface area contributed by atoms with Gasteiger partial charge in [0.1, 0.15) is 0 Å². The standard InChI is InChI=1S/C13H18N2OS/c1-9-5-7-17-12(9)8-15-6-4-11(13(15)16)14-10-2-3-10/h5,7,10-11,14H,2-4,6,8H2,1H3. The predicted octanol–water partition coefficient (Wildman–Crippen LogP) is 1.91. The van der Waals surface area contributed by atoms with Crippen LogP contribution in [0.2, 0.25) is 0 Å². The zero-order valence-corrected chi connectivity index (χ0v) is 10.9. The van der Waals surface area contributed by atoms with Gasteiger partial charge in [-0.25, -0.2) is 0 Å². The molecule has 1 aliphatic heterocycles. The van der Waals surface area contributed by atoms with Gasteiger partial charge in [0.15, 0.2) is 0 Å². The lowest BCUT2D eigenvalue weighted by Gasteiger charge is -2.16. The maximum Gasteiger partial charge on any atom is 0.240 e. The molecule has 2 heterocycles. The van der Waals surface area contributed by atoms with Crippen LogP contribution in [0.5, 0.6) is 0 Å². The first kappa shape index (κ1) is 11.2. The molecule has 1 N–H and O–H groups in total. The summed E-state index contributed by atoms with van der Waals surface area (Å²) in [7, 11) is 0. The first-order valence-electron chi connectivity index (χ1n) is 6.32. The summed E-state index contributed by atoms with van der Waals surface area (Å²) in [6, 6.07) is 2.83. The van der Waals surface area contributed by atoms with Gasteiger partial charge in [-0.2, -0.15) is 0 Å². The Kier molecular flexibility index (Phi) is 2.92. The lowest BCUT2D eigenvalue weighted by molar-refractivity contribution is -0.129. The van der Waals surface area contributed by atoms with Crippen molar-refractivity contribution >= 4 is 17.2 Å². The van der Waals surface area contributed by atoms with Crippen molar-refractivity contribution < 1.29 is 4.79 Å². The Bertz CT molecular complexity index is 425. The van der Waals surface area contributed by atoms with Gasteiger partial charge in [0.05, 0.1) is 12.6 Å². The molecule has 1 aromatic rings. The first-order chi connectivity index (χ1) is 8.24. The van der Waals surface area contributed by atoms with E-state index in [1.165, 1.54) is 23.3 Å². The maximum absolute atomic E-state index is 12.2. The first-order valence-corrected chi connectivity index (χ1v) is 7.20. The van der Waals surface area contributed by atoms with Crippen molar-refractivity contribution in [3.05, 3.63) is 21.9 Å². The molecule has 1 amide bonds. The molecule has 2 aliphatic rings. The quantitative estimate of drug-likeness (QED) is 0.885. The Morgan fingerprint density at radius 1 is 1.47 bits per heavy atom. The molecule has 2 fully saturated rings. The number of carbonyl (C=O) groups excluding carboxylic acids is 1. The summed E-state index contributed by atoms with van der Waals surface area (Å²) in [5.74, 6) is 0.296. The van der Waals surface area contributed by atoms with Crippen molar-refractivity contribution in [1.82, 2.24) is 10.2 Å². The zero-order chi connectivity index (χ0) is 11.8. The van der Waals surface area contributed by atoms with E-state index in [0.29, 0.717) is 11.9 Å². The lowest BCUT2D eigenvalue weighted by Crippen LogP contribution is -2.39. The molecular weight excluding hydrogens is 232 g/mol. The van der Waals surface area contributed by atoms with Crippen molar-refractivity contribution in [3.8, 4) is 0 Å². The molecule has 0 radical (unpaired) electrons. The van der Waals surface area contributed by atoms with E-state index in [4.69, 9.17) is 0 Å². The van der Waals surface area contributed by atoms with Crippen LogP contribution in [-0.2, 0) is 11.3 Å². The Hall–Kier alpha value is -0.870. The average Bonchev–Trinajstić information content (AvgIpc) is 2.96. The zero-order valence-electron chi connectivity index (χ0n) is 10.1. The highest BCUT2D eigenvalue weighted by atomic mass is 32.1. The van der Waals surface area contributed by atoms with Gasteiger partial charge < -0.3 is 10.2 Å². The molecule has 0 bridgehead atoms. The van der Waals surface area contributed by atoms with Crippen molar-refractivity contribution in [1.29, 1.82) is 0 Å². The van der Waals surface area contributed by atoms with E-state index in [1.807, 2.05) is 4.90 Å². The highest BCUT2D eigenvalue weighted by molar-refractivity contribution is 7.10. The number of hydrogen-bond donors (Lipinski definition) is 1. The summed E-state index contributed by atoms with van der Waals surface area (Å²) in [4.78, 5) is 15.5. The minimum atomic E-state index is 0.0859. The molecule has 92 valence electrons. The summed E-state index contributed by atoms with van der Waals surface area (Å²) < 4.78 is 0. The smallest absolute Gasteiger partial charge is 0.240 e. The fraction of sp³-hybridized carbons (Fsp3) is 0.615. The Morgan fingerprint density at radius 3 is 2.94 bits per heavy atom. The Labute approximate surface area is 106 Å². The number of nitrogens with zero attached hydrogens (tertiary/aromatic N) is 1. The predicted molar refractivity (Wildman–Crippen MR) is 69.0 cm³/mol. The van der Waals surface area contributed by atoms with Gasteiger partial charge in [0.25, 0.3) is 0 Å². The van der Waals surface area contributed by atoms with Gasteiger partial charge in [-0.15, -0.1) is 11.3 Å². The molecule has 0 spiro atoms. The summed E-state index contributed by atoms with van der Waals surface area (Å²) >= 11 is 1.75. The Morgan fingerprint density at radius 2 is 2.29 bits per heavy atom. The van der Waals surface area contributed by atoms with Crippen LogP contribution in [0.3, 0.4) is 0 Å². The number of amides is 1. The highest BCUT2D eigenvalue weighted by Crippen LogP contribution is 2.25. The number of likely N-dealkylation sites (tertiary alicyclic amines) is 1.